The summed E-state index contributed by atoms with van der Waals surface area (Å²) in [4.78, 5) is 24.0. The van der Waals surface area contributed by atoms with Crippen LogP contribution in [0, 0.1) is 0 Å². The van der Waals surface area contributed by atoms with Gasteiger partial charge in [-0.05, 0) is 30.3 Å². The van der Waals surface area contributed by atoms with E-state index in [-0.39, 0.29) is 18.4 Å². The van der Waals surface area contributed by atoms with Crippen LogP contribution in [0.5, 0.6) is 5.75 Å². The summed E-state index contributed by atoms with van der Waals surface area (Å²) in [5, 5.41) is 5.83. The van der Waals surface area contributed by atoms with E-state index in [2.05, 4.69) is 10.6 Å². The van der Waals surface area contributed by atoms with E-state index in [9.17, 15) is 9.59 Å². The Morgan fingerprint density at radius 1 is 1.12 bits per heavy atom. The molecule has 0 fully saturated rings. The highest BCUT2D eigenvalue weighted by molar-refractivity contribution is 6.32. The summed E-state index contributed by atoms with van der Waals surface area (Å²) >= 11 is 5.97. The van der Waals surface area contributed by atoms with E-state index < -0.39 is 0 Å². The lowest BCUT2D eigenvalue weighted by molar-refractivity contribution is -0.118. The standard InChI is InChI=1S/C18H19ClN2O4/c1-24-10-9-20-18(23)13-5-4-6-14(11-13)21-17(22)12-25-16-8-3-2-7-15(16)19/h2-8,11H,9-10,12H2,1H3,(H,20,23)(H,21,22). The number of ether oxygens (including phenoxy) is 2. The number of hydrogen-bond donors (Lipinski definition) is 2. The van der Waals surface area contributed by atoms with Crippen LogP contribution in [0.15, 0.2) is 48.5 Å². The van der Waals surface area contributed by atoms with Crippen LogP contribution in [0.2, 0.25) is 5.02 Å². The highest BCUT2D eigenvalue weighted by Gasteiger charge is 2.09. The fourth-order valence-corrected chi connectivity index (χ4v) is 2.20. The minimum absolute atomic E-state index is 0.187. The van der Waals surface area contributed by atoms with Gasteiger partial charge >= 0.3 is 0 Å². The summed E-state index contributed by atoms with van der Waals surface area (Å²) in [7, 11) is 1.56. The molecule has 0 spiro atoms. The average Bonchev–Trinajstić information content (AvgIpc) is 2.61. The van der Waals surface area contributed by atoms with Crippen LogP contribution in [-0.4, -0.2) is 38.7 Å². The molecule has 0 aliphatic heterocycles. The predicted molar refractivity (Wildman–Crippen MR) is 96.2 cm³/mol. The van der Waals surface area contributed by atoms with Gasteiger partial charge in [-0.1, -0.05) is 29.8 Å². The summed E-state index contributed by atoms with van der Waals surface area (Å²) in [6.45, 7) is 0.660. The summed E-state index contributed by atoms with van der Waals surface area (Å²) < 4.78 is 10.3. The van der Waals surface area contributed by atoms with Gasteiger partial charge in [0.2, 0.25) is 0 Å². The van der Waals surface area contributed by atoms with E-state index in [0.717, 1.165) is 0 Å². The van der Waals surface area contributed by atoms with Crippen molar-refractivity contribution in [2.75, 3.05) is 32.2 Å². The molecule has 2 aromatic carbocycles. The first-order valence-electron chi connectivity index (χ1n) is 7.64. The van der Waals surface area contributed by atoms with E-state index >= 15 is 0 Å². The molecule has 2 amide bonds. The van der Waals surface area contributed by atoms with Gasteiger partial charge in [0, 0.05) is 24.9 Å². The van der Waals surface area contributed by atoms with Gasteiger partial charge in [-0.3, -0.25) is 9.59 Å². The van der Waals surface area contributed by atoms with E-state index in [4.69, 9.17) is 21.1 Å². The number of nitrogens with one attached hydrogen (secondary N) is 2. The number of hydrogen-bond acceptors (Lipinski definition) is 4. The van der Waals surface area contributed by atoms with Crippen molar-refractivity contribution in [1.29, 1.82) is 0 Å². The lowest BCUT2D eigenvalue weighted by atomic mass is 10.2. The van der Waals surface area contributed by atoms with Gasteiger partial charge in [-0.2, -0.15) is 0 Å². The molecule has 2 aromatic rings. The molecule has 0 saturated heterocycles. The smallest absolute Gasteiger partial charge is 0.262 e. The molecule has 0 aliphatic carbocycles. The van der Waals surface area contributed by atoms with E-state index in [1.54, 1.807) is 55.6 Å². The molecule has 0 unspecified atom stereocenters. The average molecular weight is 363 g/mol. The summed E-state index contributed by atoms with van der Waals surface area (Å²) in [6.07, 6.45) is 0. The summed E-state index contributed by atoms with van der Waals surface area (Å²) in [5.74, 6) is -0.150. The number of rotatable bonds is 8. The third kappa shape index (κ3) is 6.10. The Morgan fingerprint density at radius 2 is 1.92 bits per heavy atom. The van der Waals surface area contributed by atoms with Crippen LogP contribution >= 0.6 is 11.6 Å². The van der Waals surface area contributed by atoms with Crippen LogP contribution in [-0.2, 0) is 9.53 Å². The van der Waals surface area contributed by atoms with Gasteiger partial charge in [0.05, 0.1) is 11.6 Å². The Balaban J connectivity index is 1.89. The van der Waals surface area contributed by atoms with Crippen molar-refractivity contribution in [2.24, 2.45) is 0 Å². The van der Waals surface area contributed by atoms with E-state index in [1.807, 2.05) is 0 Å². The first-order valence-corrected chi connectivity index (χ1v) is 8.02. The molecule has 0 aliphatic rings. The zero-order chi connectivity index (χ0) is 18.1. The maximum absolute atomic E-state index is 12.0. The fraction of sp³-hybridized carbons (Fsp3) is 0.222. The summed E-state index contributed by atoms with van der Waals surface area (Å²) in [6, 6.07) is 13.5. The second kappa shape index (κ2) is 9.66. The monoisotopic (exact) mass is 362 g/mol. The van der Waals surface area contributed by atoms with Crippen LogP contribution in [0.25, 0.3) is 0 Å². The number of halogens is 1. The van der Waals surface area contributed by atoms with Crippen LogP contribution < -0.4 is 15.4 Å². The topological polar surface area (TPSA) is 76.7 Å². The first-order chi connectivity index (χ1) is 12.1. The minimum Gasteiger partial charge on any atom is -0.482 e. The highest BCUT2D eigenvalue weighted by atomic mass is 35.5. The minimum atomic E-state index is -0.350. The molecule has 0 saturated carbocycles. The maximum Gasteiger partial charge on any atom is 0.262 e. The number of benzene rings is 2. The van der Waals surface area contributed by atoms with Crippen LogP contribution in [0.3, 0.4) is 0 Å². The Morgan fingerprint density at radius 3 is 2.68 bits per heavy atom. The second-order valence-corrected chi connectivity index (χ2v) is 5.50. The molecule has 0 atom stereocenters. The van der Waals surface area contributed by atoms with Gasteiger partial charge in [0.1, 0.15) is 5.75 Å². The Labute approximate surface area is 151 Å². The molecule has 25 heavy (non-hydrogen) atoms. The highest BCUT2D eigenvalue weighted by Crippen LogP contribution is 2.23. The Hall–Kier alpha value is -2.57. The van der Waals surface area contributed by atoms with Crippen molar-refractivity contribution >= 4 is 29.1 Å². The van der Waals surface area contributed by atoms with Gasteiger partial charge in [0.25, 0.3) is 11.8 Å². The zero-order valence-electron chi connectivity index (χ0n) is 13.8. The second-order valence-electron chi connectivity index (χ2n) is 5.10. The maximum atomic E-state index is 12.0. The number of carbonyl (C=O) groups is 2. The molecule has 0 aromatic heterocycles. The van der Waals surface area contributed by atoms with Gasteiger partial charge in [-0.15, -0.1) is 0 Å². The summed E-state index contributed by atoms with van der Waals surface area (Å²) in [5.41, 5.74) is 0.952. The van der Waals surface area contributed by atoms with Crippen LogP contribution in [0.4, 0.5) is 5.69 Å². The quantitative estimate of drug-likeness (QED) is 0.708. The lowest BCUT2D eigenvalue weighted by Gasteiger charge is -2.10. The predicted octanol–water partition coefficient (Wildman–Crippen LogP) is 2.73. The first kappa shape index (κ1) is 18.8. The molecule has 6 nitrogen and oxygen atoms in total. The molecule has 7 heteroatoms. The van der Waals surface area contributed by atoms with Gasteiger partial charge in [-0.25, -0.2) is 0 Å². The third-order valence-corrected chi connectivity index (χ3v) is 3.51. The molecular formula is C18H19ClN2O4. The number of carbonyl (C=O) groups excluding carboxylic acids is 2. The largest absolute Gasteiger partial charge is 0.482 e. The fourth-order valence-electron chi connectivity index (χ4n) is 2.01. The SMILES string of the molecule is COCCNC(=O)c1cccc(NC(=O)COc2ccccc2Cl)c1. The number of amides is 2. The van der Waals surface area contributed by atoms with Crippen molar-refractivity contribution in [3.05, 3.63) is 59.1 Å². The van der Waals surface area contributed by atoms with Crippen LogP contribution in [0.1, 0.15) is 10.4 Å². The molecular weight excluding hydrogens is 344 g/mol. The number of methoxy groups -OCH3 is 1. The molecule has 0 heterocycles. The Bertz CT molecular complexity index is 737. The van der Waals surface area contributed by atoms with E-state index in [0.29, 0.717) is 35.2 Å². The van der Waals surface area contributed by atoms with E-state index in [1.165, 1.54) is 0 Å². The molecule has 2 N–H and O–H groups in total. The molecule has 2 rings (SSSR count). The number of anilines is 1. The normalized spacial score (nSPS) is 10.2. The lowest BCUT2D eigenvalue weighted by Crippen LogP contribution is -2.27. The van der Waals surface area contributed by atoms with Crippen molar-refractivity contribution in [3.8, 4) is 5.75 Å². The number of para-hydroxylation sites is 1. The zero-order valence-corrected chi connectivity index (χ0v) is 14.5. The van der Waals surface area contributed by atoms with Gasteiger partial charge in [0.15, 0.2) is 6.61 Å². The van der Waals surface area contributed by atoms with Crippen molar-refractivity contribution in [3.63, 3.8) is 0 Å². The Kier molecular flexibility index (Phi) is 7.25. The molecule has 0 radical (unpaired) electrons. The van der Waals surface area contributed by atoms with Crippen molar-refractivity contribution in [2.45, 2.75) is 0 Å². The van der Waals surface area contributed by atoms with Gasteiger partial charge < -0.3 is 20.1 Å². The molecule has 132 valence electrons. The molecule has 0 bridgehead atoms. The third-order valence-electron chi connectivity index (χ3n) is 3.20. The van der Waals surface area contributed by atoms with Crippen molar-refractivity contribution < 1.29 is 19.1 Å². The van der Waals surface area contributed by atoms with Crippen molar-refractivity contribution in [1.82, 2.24) is 5.32 Å².